The Hall–Kier alpha value is -2.05. The van der Waals surface area contributed by atoms with Gasteiger partial charge in [0, 0.05) is 12.0 Å². The van der Waals surface area contributed by atoms with Crippen LogP contribution in [-0.2, 0) is 4.74 Å². The molecule has 1 aromatic heterocycles. The topological polar surface area (TPSA) is 110 Å². The van der Waals surface area contributed by atoms with Gasteiger partial charge in [0.1, 0.15) is 18.2 Å². The normalized spacial score (nSPS) is 10.3. The van der Waals surface area contributed by atoms with E-state index in [-0.39, 0.29) is 18.1 Å². The van der Waals surface area contributed by atoms with Crippen LogP contribution in [0, 0.1) is 0 Å². The predicted molar refractivity (Wildman–Crippen MR) is 63.0 cm³/mol. The lowest BCUT2D eigenvalue weighted by atomic mass is 10.2. The summed E-state index contributed by atoms with van der Waals surface area (Å²) < 4.78 is 4.53. The van der Waals surface area contributed by atoms with Gasteiger partial charge in [-0.15, -0.1) is 0 Å². The van der Waals surface area contributed by atoms with Gasteiger partial charge < -0.3 is 20.8 Å². The van der Waals surface area contributed by atoms with Crippen LogP contribution in [0.3, 0.4) is 0 Å². The minimum atomic E-state index is -0.825. The SMILES string of the molecule is CC(C)c1nc(NCCOC(N)=O)cc(=O)[nH]1. The molecule has 0 radical (unpaired) electrons. The Morgan fingerprint density at radius 3 is 2.94 bits per heavy atom. The number of hydrogen-bond donors (Lipinski definition) is 3. The van der Waals surface area contributed by atoms with E-state index in [1.165, 1.54) is 6.07 Å². The molecule has 1 amide bonds. The van der Waals surface area contributed by atoms with Crippen molar-refractivity contribution in [3.05, 3.63) is 22.2 Å². The van der Waals surface area contributed by atoms with E-state index >= 15 is 0 Å². The van der Waals surface area contributed by atoms with Crippen LogP contribution >= 0.6 is 0 Å². The molecule has 1 heterocycles. The maximum absolute atomic E-state index is 11.3. The maximum Gasteiger partial charge on any atom is 0.404 e. The number of hydrogen-bond acceptors (Lipinski definition) is 5. The van der Waals surface area contributed by atoms with Crippen LogP contribution in [0.1, 0.15) is 25.6 Å². The highest BCUT2D eigenvalue weighted by molar-refractivity contribution is 5.64. The molecule has 0 fully saturated rings. The van der Waals surface area contributed by atoms with Crippen LogP contribution in [-0.4, -0.2) is 29.2 Å². The lowest BCUT2D eigenvalue weighted by Gasteiger charge is -2.08. The average Bonchev–Trinajstić information content (AvgIpc) is 2.23. The van der Waals surface area contributed by atoms with Crippen molar-refractivity contribution in [3.8, 4) is 0 Å². The van der Waals surface area contributed by atoms with Crippen molar-refractivity contribution in [1.29, 1.82) is 0 Å². The molecule has 7 nitrogen and oxygen atoms in total. The molecule has 17 heavy (non-hydrogen) atoms. The van der Waals surface area contributed by atoms with Crippen LogP contribution in [0.25, 0.3) is 0 Å². The Labute approximate surface area is 98.4 Å². The molecule has 94 valence electrons. The summed E-state index contributed by atoms with van der Waals surface area (Å²) in [6.45, 7) is 4.33. The first-order chi connectivity index (χ1) is 7.99. The Morgan fingerprint density at radius 1 is 1.65 bits per heavy atom. The zero-order valence-corrected chi connectivity index (χ0v) is 9.82. The molecule has 0 bridgehead atoms. The lowest BCUT2D eigenvalue weighted by molar-refractivity contribution is 0.161. The number of H-pyrrole nitrogens is 1. The van der Waals surface area contributed by atoms with Gasteiger partial charge in [0.2, 0.25) is 0 Å². The van der Waals surface area contributed by atoms with Crippen molar-refractivity contribution in [2.75, 3.05) is 18.5 Å². The van der Waals surface area contributed by atoms with Crippen molar-refractivity contribution in [2.45, 2.75) is 19.8 Å². The van der Waals surface area contributed by atoms with Gasteiger partial charge in [-0.1, -0.05) is 13.8 Å². The number of aromatic nitrogens is 2. The second-order valence-electron chi connectivity index (χ2n) is 3.76. The molecular weight excluding hydrogens is 224 g/mol. The van der Waals surface area contributed by atoms with Crippen LogP contribution in [0.15, 0.2) is 10.9 Å². The van der Waals surface area contributed by atoms with E-state index in [1.54, 1.807) is 0 Å². The number of primary amides is 1. The van der Waals surface area contributed by atoms with Gasteiger partial charge in [-0.2, -0.15) is 0 Å². The molecule has 0 spiro atoms. The smallest absolute Gasteiger partial charge is 0.404 e. The van der Waals surface area contributed by atoms with Gasteiger partial charge in [0.05, 0.1) is 6.54 Å². The van der Waals surface area contributed by atoms with E-state index < -0.39 is 6.09 Å². The lowest BCUT2D eigenvalue weighted by Crippen LogP contribution is -2.20. The quantitative estimate of drug-likeness (QED) is 0.645. The molecule has 0 aliphatic rings. The zero-order valence-electron chi connectivity index (χ0n) is 9.82. The van der Waals surface area contributed by atoms with Crippen molar-refractivity contribution in [1.82, 2.24) is 9.97 Å². The number of nitrogens with one attached hydrogen (secondary N) is 2. The van der Waals surface area contributed by atoms with E-state index in [9.17, 15) is 9.59 Å². The Morgan fingerprint density at radius 2 is 2.35 bits per heavy atom. The molecule has 1 aromatic rings. The Balaban J connectivity index is 2.59. The molecule has 0 saturated heterocycles. The highest BCUT2D eigenvalue weighted by Gasteiger charge is 2.04. The van der Waals surface area contributed by atoms with E-state index in [0.717, 1.165) is 0 Å². The molecule has 0 aromatic carbocycles. The Bertz CT molecular complexity index is 441. The van der Waals surface area contributed by atoms with Gasteiger partial charge in [-0.3, -0.25) is 4.79 Å². The fourth-order valence-electron chi connectivity index (χ4n) is 1.17. The van der Waals surface area contributed by atoms with Crippen LogP contribution in [0.4, 0.5) is 10.6 Å². The molecule has 0 unspecified atom stereocenters. The molecule has 0 atom stereocenters. The Kier molecular flexibility index (Phi) is 4.50. The summed E-state index contributed by atoms with van der Waals surface area (Å²) in [6.07, 6.45) is -0.825. The predicted octanol–water partition coefficient (Wildman–Crippen LogP) is 0.401. The number of aromatic amines is 1. The van der Waals surface area contributed by atoms with Crippen molar-refractivity contribution < 1.29 is 9.53 Å². The summed E-state index contributed by atoms with van der Waals surface area (Å²) in [7, 11) is 0. The third kappa shape index (κ3) is 4.54. The summed E-state index contributed by atoms with van der Waals surface area (Å²) in [5.41, 5.74) is 4.58. The minimum absolute atomic E-state index is 0.126. The van der Waals surface area contributed by atoms with Crippen LogP contribution < -0.4 is 16.6 Å². The van der Waals surface area contributed by atoms with Gasteiger partial charge in [0.25, 0.3) is 5.56 Å². The maximum atomic E-state index is 11.3. The van der Waals surface area contributed by atoms with Crippen LogP contribution in [0.5, 0.6) is 0 Å². The van der Waals surface area contributed by atoms with Gasteiger partial charge in [-0.25, -0.2) is 9.78 Å². The summed E-state index contributed by atoms with van der Waals surface area (Å²) in [5, 5.41) is 2.87. The van der Waals surface area contributed by atoms with Gasteiger partial charge in [-0.05, 0) is 0 Å². The van der Waals surface area contributed by atoms with E-state index in [4.69, 9.17) is 5.73 Å². The van der Waals surface area contributed by atoms with Crippen LogP contribution in [0.2, 0.25) is 0 Å². The first-order valence-corrected chi connectivity index (χ1v) is 5.26. The molecule has 0 saturated carbocycles. The number of anilines is 1. The second kappa shape index (κ2) is 5.88. The number of nitrogens with two attached hydrogens (primary N) is 1. The van der Waals surface area contributed by atoms with Crippen molar-refractivity contribution in [3.63, 3.8) is 0 Å². The summed E-state index contributed by atoms with van der Waals surface area (Å²) in [4.78, 5) is 28.5. The number of amides is 1. The van der Waals surface area contributed by atoms with Gasteiger partial charge >= 0.3 is 6.09 Å². The fourth-order valence-corrected chi connectivity index (χ4v) is 1.17. The molecule has 4 N–H and O–H groups in total. The number of carbonyl (C=O) groups is 1. The van der Waals surface area contributed by atoms with E-state index in [0.29, 0.717) is 18.2 Å². The number of carbonyl (C=O) groups excluding carboxylic acids is 1. The highest BCUT2D eigenvalue weighted by atomic mass is 16.5. The molecule has 0 aliphatic heterocycles. The third-order valence-electron chi connectivity index (χ3n) is 1.96. The second-order valence-corrected chi connectivity index (χ2v) is 3.76. The largest absolute Gasteiger partial charge is 0.448 e. The molecular formula is C10H16N4O3. The molecule has 1 rings (SSSR count). The van der Waals surface area contributed by atoms with Gasteiger partial charge in [0.15, 0.2) is 0 Å². The molecule has 7 heteroatoms. The standard InChI is InChI=1S/C10H16N4O3/c1-6(2)9-13-7(5-8(15)14-9)12-3-4-17-10(11)16/h5-6H,3-4H2,1-2H3,(H2,11,16)(H2,12,13,14,15). The monoisotopic (exact) mass is 240 g/mol. The van der Waals surface area contributed by atoms with E-state index in [1.807, 2.05) is 13.8 Å². The van der Waals surface area contributed by atoms with E-state index in [2.05, 4.69) is 20.0 Å². The summed E-state index contributed by atoms with van der Waals surface area (Å²) in [6, 6.07) is 1.34. The number of nitrogens with zero attached hydrogens (tertiary/aromatic N) is 1. The molecule has 0 aliphatic carbocycles. The average molecular weight is 240 g/mol. The number of rotatable bonds is 5. The number of ether oxygens (including phenoxy) is 1. The third-order valence-corrected chi connectivity index (χ3v) is 1.96. The van der Waals surface area contributed by atoms with Crippen molar-refractivity contribution in [2.24, 2.45) is 5.73 Å². The zero-order chi connectivity index (χ0) is 12.8. The minimum Gasteiger partial charge on any atom is -0.448 e. The summed E-state index contributed by atoms with van der Waals surface area (Å²) >= 11 is 0. The first kappa shape index (κ1) is 13.0. The first-order valence-electron chi connectivity index (χ1n) is 5.26. The fraction of sp³-hybridized carbons (Fsp3) is 0.500. The highest BCUT2D eigenvalue weighted by Crippen LogP contribution is 2.08. The summed E-state index contributed by atoms with van der Waals surface area (Å²) in [5.74, 6) is 1.19. The van der Waals surface area contributed by atoms with Crippen molar-refractivity contribution >= 4 is 11.9 Å².